The van der Waals surface area contributed by atoms with Gasteiger partial charge >= 0.3 is 0 Å². The van der Waals surface area contributed by atoms with Crippen LogP contribution in [-0.4, -0.2) is 0 Å². The van der Waals surface area contributed by atoms with Crippen LogP contribution in [0.4, 0.5) is 0 Å². The molecular weight excluding hydrogens is 619 g/mol. The standard InChI is InChI=1S/C49H37NO/c1-32(38-21-12-13-22-39(38)35-18-8-5-9-19-35)49(3,50-33(2)34-16-6-4-7-17-34)37-28-29-43-45-27-15-26-44(48(45)51-47(43)31-37)42-25-14-24-41-40-23-11-10-20-36(40)30-46(41)42/h4-29,31,50H,1-2,30H2,3H3. The number of rotatable bonds is 8. The summed E-state index contributed by atoms with van der Waals surface area (Å²) in [5, 5.41) is 6.04. The predicted molar refractivity (Wildman–Crippen MR) is 214 cm³/mol. The number of para-hydroxylation sites is 1. The molecule has 1 aromatic heterocycles. The predicted octanol–water partition coefficient (Wildman–Crippen LogP) is 12.7. The number of hydrogen-bond donors (Lipinski definition) is 1. The maximum atomic E-state index is 6.90. The molecule has 0 spiro atoms. The third-order valence-electron chi connectivity index (χ3n) is 10.7. The summed E-state index contributed by atoms with van der Waals surface area (Å²) in [7, 11) is 0. The van der Waals surface area contributed by atoms with Gasteiger partial charge in [0.1, 0.15) is 11.2 Å². The minimum atomic E-state index is -0.736. The Morgan fingerprint density at radius 2 is 1.22 bits per heavy atom. The quantitative estimate of drug-likeness (QED) is 0.176. The zero-order valence-electron chi connectivity index (χ0n) is 28.6. The molecule has 7 aromatic carbocycles. The molecule has 1 N–H and O–H groups in total. The van der Waals surface area contributed by atoms with Gasteiger partial charge in [-0.3, -0.25) is 0 Å². The van der Waals surface area contributed by atoms with E-state index in [1.807, 2.05) is 18.2 Å². The Morgan fingerprint density at radius 1 is 0.588 bits per heavy atom. The van der Waals surface area contributed by atoms with E-state index in [2.05, 4.69) is 164 Å². The van der Waals surface area contributed by atoms with Gasteiger partial charge in [-0.1, -0.05) is 171 Å². The monoisotopic (exact) mass is 655 g/mol. The lowest BCUT2D eigenvalue weighted by Gasteiger charge is -2.36. The van der Waals surface area contributed by atoms with E-state index >= 15 is 0 Å². The molecule has 244 valence electrons. The van der Waals surface area contributed by atoms with E-state index in [9.17, 15) is 0 Å². The van der Waals surface area contributed by atoms with E-state index in [-0.39, 0.29) is 0 Å². The van der Waals surface area contributed by atoms with Crippen LogP contribution >= 0.6 is 0 Å². The Kier molecular flexibility index (Phi) is 7.33. The molecule has 1 unspecified atom stereocenters. The molecular formula is C49H37NO. The van der Waals surface area contributed by atoms with Crippen molar-refractivity contribution in [1.29, 1.82) is 0 Å². The van der Waals surface area contributed by atoms with Crippen molar-refractivity contribution in [3.8, 4) is 33.4 Å². The summed E-state index contributed by atoms with van der Waals surface area (Å²) in [5.41, 5.74) is 15.9. The van der Waals surface area contributed by atoms with Crippen LogP contribution in [0.1, 0.15) is 34.7 Å². The summed E-state index contributed by atoms with van der Waals surface area (Å²) in [6.45, 7) is 11.5. The maximum absolute atomic E-state index is 6.90. The van der Waals surface area contributed by atoms with Crippen molar-refractivity contribution in [3.63, 3.8) is 0 Å². The number of fused-ring (bicyclic) bond motifs is 6. The lowest BCUT2D eigenvalue weighted by atomic mass is 9.78. The zero-order chi connectivity index (χ0) is 34.5. The number of nitrogens with one attached hydrogen (secondary N) is 1. The Hall–Kier alpha value is -6.38. The SMILES string of the molecule is C=C(NC(C)(C(=C)c1ccccc1-c1ccccc1)c1ccc2c(c1)oc1c(-c3cccc4c3Cc3ccccc3-4)cccc12)c1ccccc1. The van der Waals surface area contributed by atoms with E-state index < -0.39 is 5.54 Å². The first-order valence-corrected chi connectivity index (χ1v) is 17.5. The van der Waals surface area contributed by atoms with Crippen molar-refractivity contribution in [2.75, 3.05) is 0 Å². The van der Waals surface area contributed by atoms with Gasteiger partial charge in [0, 0.05) is 22.0 Å². The van der Waals surface area contributed by atoms with Crippen molar-refractivity contribution < 1.29 is 4.42 Å². The average molecular weight is 656 g/mol. The molecule has 0 amide bonds. The molecule has 2 nitrogen and oxygen atoms in total. The van der Waals surface area contributed by atoms with Crippen LogP contribution in [0.2, 0.25) is 0 Å². The first kappa shape index (κ1) is 30.7. The fourth-order valence-corrected chi connectivity index (χ4v) is 7.95. The minimum Gasteiger partial charge on any atom is -0.455 e. The normalized spacial score (nSPS) is 13.0. The van der Waals surface area contributed by atoms with E-state index in [1.54, 1.807) is 0 Å². The van der Waals surface area contributed by atoms with Gasteiger partial charge in [0.2, 0.25) is 0 Å². The van der Waals surface area contributed by atoms with Gasteiger partial charge < -0.3 is 9.73 Å². The second-order valence-electron chi connectivity index (χ2n) is 13.6. The van der Waals surface area contributed by atoms with E-state index in [4.69, 9.17) is 11.0 Å². The molecule has 9 rings (SSSR count). The van der Waals surface area contributed by atoms with Crippen LogP contribution in [0.5, 0.6) is 0 Å². The molecule has 1 atom stereocenters. The van der Waals surface area contributed by atoms with Gasteiger partial charge in [-0.15, -0.1) is 0 Å². The molecule has 51 heavy (non-hydrogen) atoms. The second-order valence-corrected chi connectivity index (χ2v) is 13.6. The summed E-state index contributed by atoms with van der Waals surface area (Å²) < 4.78 is 6.90. The van der Waals surface area contributed by atoms with Crippen LogP contribution in [0, 0.1) is 0 Å². The first-order chi connectivity index (χ1) is 25.0. The van der Waals surface area contributed by atoms with Crippen molar-refractivity contribution in [2.24, 2.45) is 0 Å². The highest BCUT2D eigenvalue weighted by Gasteiger charge is 2.33. The minimum absolute atomic E-state index is 0.736. The lowest BCUT2D eigenvalue weighted by molar-refractivity contribution is 0.560. The van der Waals surface area contributed by atoms with Crippen LogP contribution < -0.4 is 5.32 Å². The lowest BCUT2D eigenvalue weighted by Crippen LogP contribution is -2.39. The largest absolute Gasteiger partial charge is 0.455 e. The number of hydrogen-bond acceptors (Lipinski definition) is 2. The molecule has 0 fully saturated rings. The number of furan rings is 1. The van der Waals surface area contributed by atoms with Crippen molar-refractivity contribution in [3.05, 3.63) is 205 Å². The average Bonchev–Trinajstić information content (AvgIpc) is 3.76. The van der Waals surface area contributed by atoms with E-state index in [0.29, 0.717) is 0 Å². The van der Waals surface area contributed by atoms with Gasteiger partial charge in [0.25, 0.3) is 0 Å². The zero-order valence-corrected chi connectivity index (χ0v) is 28.6. The van der Waals surface area contributed by atoms with Crippen LogP contribution in [0.25, 0.3) is 66.6 Å². The van der Waals surface area contributed by atoms with Crippen molar-refractivity contribution in [1.82, 2.24) is 5.32 Å². The maximum Gasteiger partial charge on any atom is 0.143 e. The van der Waals surface area contributed by atoms with Crippen molar-refractivity contribution >= 4 is 33.2 Å². The first-order valence-electron chi connectivity index (χ1n) is 17.5. The van der Waals surface area contributed by atoms with E-state index in [0.717, 1.165) is 73.0 Å². The molecule has 0 radical (unpaired) electrons. The Labute approximate surface area is 299 Å². The summed E-state index contributed by atoms with van der Waals surface area (Å²) in [4.78, 5) is 0. The summed E-state index contributed by atoms with van der Waals surface area (Å²) in [6, 6.07) is 57.8. The molecule has 1 aliphatic rings. The van der Waals surface area contributed by atoms with Gasteiger partial charge in [0.15, 0.2) is 0 Å². The van der Waals surface area contributed by atoms with Gasteiger partial charge in [-0.2, -0.15) is 0 Å². The van der Waals surface area contributed by atoms with E-state index in [1.165, 1.54) is 27.8 Å². The molecule has 0 saturated carbocycles. The van der Waals surface area contributed by atoms with Gasteiger partial charge in [0.05, 0.1) is 5.54 Å². The van der Waals surface area contributed by atoms with Crippen LogP contribution in [0.3, 0.4) is 0 Å². The number of benzene rings is 7. The fraction of sp³-hybridized carbons (Fsp3) is 0.0612. The van der Waals surface area contributed by atoms with Gasteiger partial charge in [-0.05, 0) is 80.6 Å². The third-order valence-corrected chi connectivity index (χ3v) is 10.7. The van der Waals surface area contributed by atoms with Crippen molar-refractivity contribution in [2.45, 2.75) is 18.9 Å². The summed E-state index contributed by atoms with van der Waals surface area (Å²) >= 11 is 0. The summed E-state index contributed by atoms with van der Waals surface area (Å²) in [5.74, 6) is 0. The molecule has 1 heterocycles. The molecule has 0 aliphatic heterocycles. The third kappa shape index (κ3) is 5.11. The highest BCUT2D eigenvalue weighted by atomic mass is 16.3. The Balaban J connectivity index is 1.19. The highest BCUT2D eigenvalue weighted by Crippen LogP contribution is 2.46. The fourth-order valence-electron chi connectivity index (χ4n) is 7.95. The molecule has 1 aliphatic carbocycles. The Morgan fingerprint density at radius 3 is 2.02 bits per heavy atom. The molecule has 0 saturated heterocycles. The molecule has 8 aromatic rings. The van der Waals surface area contributed by atoms with Crippen LogP contribution in [-0.2, 0) is 12.0 Å². The topological polar surface area (TPSA) is 25.2 Å². The molecule has 2 heteroatoms. The van der Waals surface area contributed by atoms with Crippen LogP contribution in [0.15, 0.2) is 181 Å². The smallest absolute Gasteiger partial charge is 0.143 e. The Bertz CT molecular complexity index is 2630. The highest BCUT2D eigenvalue weighted by molar-refractivity contribution is 6.10. The second kappa shape index (κ2) is 12.2. The molecule has 0 bridgehead atoms. The van der Waals surface area contributed by atoms with Gasteiger partial charge in [-0.25, -0.2) is 0 Å². The summed E-state index contributed by atoms with van der Waals surface area (Å²) in [6.07, 6.45) is 0.921.